The maximum Gasteiger partial charge on any atom is 0.191 e. The zero-order chi connectivity index (χ0) is 18.9. The number of benzene rings is 1. The summed E-state index contributed by atoms with van der Waals surface area (Å²) < 4.78 is 5.88. The van der Waals surface area contributed by atoms with Crippen molar-refractivity contribution in [3.05, 3.63) is 29.3 Å². The van der Waals surface area contributed by atoms with Crippen LogP contribution >= 0.6 is 11.6 Å². The molecule has 1 fully saturated rings. The summed E-state index contributed by atoms with van der Waals surface area (Å²) in [7, 11) is 3.97. The number of hydrogen-bond donors (Lipinski definition) is 2. The Labute approximate surface area is 162 Å². The summed E-state index contributed by atoms with van der Waals surface area (Å²) in [5.41, 5.74) is 0. The SMILES string of the molecule is CN=C(NCC(C)Oc1ccc(Cl)cc1)NCC(C)N1CCN(C)CC1. The molecule has 7 heteroatoms. The van der Waals surface area contributed by atoms with Gasteiger partial charge in [-0.05, 0) is 45.2 Å². The highest BCUT2D eigenvalue weighted by atomic mass is 35.5. The molecule has 146 valence electrons. The zero-order valence-corrected chi connectivity index (χ0v) is 17.1. The van der Waals surface area contributed by atoms with E-state index in [0.717, 1.165) is 44.4 Å². The van der Waals surface area contributed by atoms with Crippen molar-refractivity contribution in [3.8, 4) is 5.75 Å². The summed E-state index contributed by atoms with van der Waals surface area (Å²) in [6.07, 6.45) is 0.0183. The summed E-state index contributed by atoms with van der Waals surface area (Å²) in [5, 5.41) is 7.45. The highest BCUT2D eigenvalue weighted by molar-refractivity contribution is 6.30. The van der Waals surface area contributed by atoms with E-state index in [4.69, 9.17) is 16.3 Å². The molecule has 1 heterocycles. The van der Waals surface area contributed by atoms with Gasteiger partial charge in [0.25, 0.3) is 0 Å². The Morgan fingerprint density at radius 2 is 1.73 bits per heavy atom. The minimum Gasteiger partial charge on any atom is -0.489 e. The van der Waals surface area contributed by atoms with E-state index in [9.17, 15) is 0 Å². The second-order valence-corrected chi connectivity index (χ2v) is 7.34. The van der Waals surface area contributed by atoms with Crippen LogP contribution in [0.5, 0.6) is 5.75 Å². The predicted molar refractivity (Wildman–Crippen MR) is 109 cm³/mol. The first-order chi connectivity index (χ1) is 12.5. The molecule has 26 heavy (non-hydrogen) atoms. The van der Waals surface area contributed by atoms with Crippen molar-refractivity contribution in [2.24, 2.45) is 4.99 Å². The van der Waals surface area contributed by atoms with Crippen LogP contribution in [0.15, 0.2) is 29.3 Å². The average molecular weight is 382 g/mol. The molecule has 2 unspecified atom stereocenters. The second-order valence-electron chi connectivity index (χ2n) is 6.90. The normalized spacial score (nSPS) is 19.0. The first-order valence-corrected chi connectivity index (χ1v) is 9.65. The van der Waals surface area contributed by atoms with Crippen LogP contribution < -0.4 is 15.4 Å². The van der Waals surface area contributed by atoms with Crippen LogP contribution in [0.3, 0.4) is 0 Å². The van der Waals surface area contributed by atoms with Gasteiger partial charge < -0.3 is 20.3 Å². The lowest BCUT2D eigenvalue weighted by Gasteiger charge is -2.36. The molecule has 1 aliphatic rings. The fourth-order valence-electron chi connectivity index (χ4n) is 2.88. The Bertz CT molecular complexity index is 558. The second kappa shape index (κ2) is 10.6. The van der Waals surface area contributed by atoms with Gasteiger partial charge in [0.05, 0.1) is 6.54 Å². The fourth-order valence-corrected chi connectivity index (χ4v) is 3.01. The van der Waals surface area contributed by atoms with Crippen LogP contribution in [0.2, 0.25) is 5.02 Å². The number of rotatable bonds is 7. The largest absolute Gasteiger partial charge is 0.489 e. The fraction of sp³-hybridized carbons (Fsp3) is 0.632. The predicted octanol–water partition coefficient (Wildman–Crippen LogP) is 1.91. The molecule has 0 radical (unpaired) electrons. The Hall–Kier alpha value is -1.50. The van der Waals surface area contributed by atoms with Crippen LogP contribution in [0.4, 0.5) is 0 Å². The molecule has 2 rings (SSSR count). The van der Waals surface area contributed by atoms with E-state index in [1.165, 1.54) is 0 Å². The molecule has 0 amide bonds. The van der Waals surface area contributed by atoms with Crippen molar-refractivity contribution in [2.45, 2.75) is 26.0 Å². The van der Waals surface area contributed by atoms with Crippen molar-refractivity contribution in [1.29, 1.82) is 0 Å². The van der Waals surface area contributed by atoms with E-state index < -0.39 is 0 Å². The molecule has 1 aromatic rings. The molecule has 0 aliphatic carbocycles. The molecule has 0 aromatic heterocycles. The zero-order valence-electron chi connectivity index (χ0n) is 16.3. The van der Waals surface area contributed by atoms with E-state index in [2.05, 4.69) is 39.4 Å². The number of likely N-dealkylation sites (N-methyl/N-ethyl adjacent to an activating group) is 1. The van der Waals surface area contributed by atoms with Gasteiger partial charge in [-0.15, -0.1) is 0 Å². The third-order valence-corrected chi connectivity index (χ3v) is 4.91. The molecule has 0 saturated carbocycles. The van der Waals surface area contributed by atoms with E-state index in [0.29, 0.717) is 17.6 Å². The van der Waals surface area contributed by atoms with Crippen molar-refractivity contribution >= 4 is 17.6 Å². The lowest BCUT2D eigenvalue weighted by atomic mass is 10.2. The number of halogens is 1. The molecule has 1 aromatic carbocycles. The lowest BCUT2D eigenvalue weighted by Crippen LogP contribution is -2.52. The highest BCUT2D eigenvalue weighted by Gasteiger charge is 2.19. The molecule has 1 saturated heterocycles. The van der Waals surface area contributed by atoms with Crippen molar-refractivity contribution in [1.82, 2.24) is 20.4 Å². The number of piperazine rings is 1. The maximum atomic E-state index is 5.90. The molecule has 0 bridgehead atoms. The van der Waals surface area contributed by atoms with Gasteiger partial charge in [0.15, 0.2) is 5.96 Å². The van der Waals surface area contributed by atoms with Gasteiger partial charge in [-0.2, -0.15) is 0 Å². The summed E-state index contributed by atoms with van der Waals surface area (Å²) in [4.78, 5) is 9.20. The van der Waals surface area contributed by atoms with Crippen LogP contribution in [-0.4, -0.2) is 81.3 Å². The number of nitrogens with one attached hydrogen (secondary N) is 2. The first-order valence-electron chi connectivity index (χ1n) is 9.27. The minimum absolute atomic E-state index is 0.0183. The number of hydrogen-bond acceptors (Lipinski definition) is 4. The van der Waals surface area contributed by atoms with Crippen LogP contribution in [0.25, 0.3) is 0 Å². The van der Waals surface area contributed by atoms with Gasteiger partial charge in [0.2, 0.25) is 0 Å². The van der Waals surface area contributed by atoms with Gasteiger partial charge in [-0.3, -0.25) is 9.89 Å². The molecule has 2 N–H and O–H groups in total. The summed E-state index contributed by atoms with van der Waals surface area (Å²) in [5.74, 6) is 1.62. The third-order valence-electron chi connectivity index (χ3n) is 4.66. The quantitative estimate of drug-likeness (QED) is 0.558. The van der Waals surface area contributed by atoms with Crippen LogP contribution in [-0.2, 0) is 0 Å². The third kappa shape index (κ3) is 7.02. The average Bonchev–Trinajstić information content (AvgIpc) is 2.64. The Kier molecular flexibility index (Phi) is 8.48. The molecule has 0 spiro atoms. The topological polar surface area (TPSA) is 52.1 Å². The monoisotopic (exact) mass is 381 g/mol. The summed E-state index contributed by atoms with van der Waals surface area (Å²) in [6.45, 7) is 10.4. The van der Waals surface area contributed by atoms with E-state index in [-0.39, 0.29) is 6.10 Å². The van der Waals surface area contributed by atoms with Gasteiger partial charge in [-0.1, -0.05) is 11.6 Å². The first kappa shape index (κ1) is 20.8. The molecule has 6 nitrogen and oxygen atoms in total. The van der Waals surface area contributed by atoms with Gasteiger partial charge >= 0.3 is 0 Å². The maximum absolute atomic E-state index is 5.90. The number of guanidine groups is 1. The smallest absolute Gasteiger partial charge is 0.191 e. The van der Waals surface area contributed by atoms with E-state index in [1.54, 1.807) is 7.05 Å². The van der Waals surface area contributed by atoms with E-state index in [1.807, 2.05) is 31.2 Å². The van der Waals surface area contributed by atoms with Gasteiger partial charge in [-0.25, -0.2) is 0 Å². The van der Waals surface area contributed by atoms with Gasteiger partial charge in [0.1, 0.15) is 11.9 Å². The Morgan fingerprint density at radius 1 is 1.12 bits per heavy atom. The molecular weight excluding hydrogens is 350 g/mol. The van der Waals surface area contributed by atoms with Crippen molar-refractivity contribution < 1.29 is 4.74 Å². The molecule has 2 atom stereocenters. The Balaban J connectivity index is 1.69. The molecular formula is C19H32ClN5O. The summed E-state index contributed by atoms with van der Waals surface area (Å²) in [6, 6.07) is 7.90. The summed E-state index contributed by atoms with van der Waals surface area (Å²) >= 11 is 5.90. The van der Waals surface area contributed by atoms with Crippen molar-refractivity contribution in [2.75, 3.05) is 53.4 Å². The number of aliphatic imine (C=N–C) groups is 1. The minimum atomic E-state index is 0.0183. The standard InChI is InChI=1S/C19H32ClN5O/c1-15(25-11-9-24(4)10-12-25)13-22-19(21-3)23-14-16(2)26-18-7-5-17(20)6-8-18/h5-8,15-16H,9-14H2,1-4H3,(H2,21,22,23). The number of nitrogens with zero attached hydrogens (tertiary/aromatic N) is 3. The number of ether oxygens (including phenoxy) is 1. The van der Waals surface area contributed by atoms with Crippen LogP contribution in [0.1, 0.15) is 13.8 Å². The van der Waals surface area contributed by atoms with Gasteiger partial charge in [0, 0.05) is 50.8 Å². The highest BCUT2D eigenvalue weighted by Crippen LogP contribution is 2.16. The lowest BCUT2D eigenvalue weighted by molar-refractivity contribution is 0.120. The van der Waals surface area contributed by atoms with Crippen LogP contribution in [0, 0.1) is 0 Å². The molecule has 1 aliphatic heterocycles. The van der Waals surface area contributed by atoms with Crippen molar-refractivity contribution in [3.63, 3.8) is 0 Å². The van der Waals surface area contributed by atoms with E-state index >= 15 is 0 Å². The Morgan fingerprint density at radius 3 is 2.35 bits per heavy atom.